The quantitative estimate of drug-likeness (QED) is 0.0221. The van der Waals surface area contributed by atoms with Crippen LogP contribution in [0.4, 0.5) is 0 Å². The van der Waals surface area contributed by atoms with Crippen molar-refractivity contribution in [3.05, 3.63) is 36.5 Å². The Kier molecular flexibility index (Phi) is 35.6. The Labute approximate surface area is 398 Å². The Morgan fingerprint density at radius 2 is 1.03 bits per heavy atom. The van der Waals surface area contributed by atoms with Crippen LogP contribution < -0.4 is 5.32 Å². The van der Waals surface area contributed by atoms with E-state index >= 15 is 0 Å². The standard InChI is InChI=1S/C52H95NO13/c1-3-5-7-9-11-13-15-17-18-19-20-21-22-24-25-27-29-31-33-35-41(56)40(53-44(57)36-34-32-30-28-26-23-16-14-12-10-8-6-4-2)39-63-51-49(62)47(60)50(43(38-55)65-51)66-52-48(61)46(59)45(58)42(37-54)64-52/h8,10,14,16,33,35,40-43,45-52,54-56,58-62H,3-7,9,11-13,15,17-32,34,36-39H2,1-2H3,(H,53,57)/b10-8-,16-14-,35-33+. The molecular weight excluding hydrogens is 847 g/mol. The second-order valence-corrected chi connectivity index (χ2v) is 18.6. The van der Waals surface area contributed by atoms with Crippen molar-refractivity contribution in [1.29, 1.82) is 0 Å². The van der Waals surface area contributed by atoms with E-state index in [2.05, 4.69) is 43.5 Å². The molecule has 14 heteroatoms. The van der Waals surface area contributed by atoms with Gasteiger partial charge in [0.15, 0.2) is 12.6 Å². The van der Waals surface area contributed by atoms with E-state index < -0.39 is 86.8 Å². The zero-order chi connectivity index (χ0) is 48.2. The average Bonchev–Trinajstić information content (AvgIpc) is 3.31. The van der Waals surface area contributed by atoms with E-state index in [1.165, 1.54) is 96.3 Å². The molecule has 14 nitrogen and oxygen atoms in total. The number of aliphatic hydroxyl groups excluding tert-OH is 8. The van der Waals surface area contributed by atoms with E-state index in [0.717, 1.165) is 70.6 Å². The lowest BCUT2D eigenvalue weighted by molar-refractivity contribution is -0.359. The van der Waals surface area contributed by atoms with Gasteiger partial charge in [-0.05, 0) is 44.9 Å². The molecule has 2 fully saturated rings. The van der Waals surface area contributed by atoms with Crippen LogP contribution in [-0.2, 0) is 23.7 Å². The molecule has 0 saturated carbocycles. The number of rotatable bonds is 40. The molecule has 2 rings (SSSR count). The van der Waals surface area contributed by atoms with Gasteiger partial charge in [0.05, 0.1) is 32.0 Å². The van der Waals surface area contributed by atoms with Gasteiger partial charge in [0.2, 0.25) is 5.91 Å². The lowest BCUT2D eigenvalue weighted by Gasteiger charge is -2.46. The van der Waals surface area contributed by atoms with Gasteiger partial charge in [0.25, 0.3) is 0 Å². The number of carbonyl (C=O) groups excluding carboxylic acids is 1. The van der Waals surface area contributed by atoms with Gasteiger partial charge in [-0.15, -0.1) is 0 Å². The minimum absolute atomic E-state index is 0.255. The van der Waals surface area contributed by atoms with Crippen LogP contribution in [0.25, 0.3) is 0 Å². The highest BCUT2D eigenvalue weighted by molar-refractivity contribution is 5.76. The predicted octanol–water partition coefficient (Wildman–Crippen LogP) is 7.10. The van der Waals surface area contributed by atoms with E-state index in [9.17, 15) is 45.6 Å². The van der Waals surface area contributed by atoms with Crippen LogP contribution in [0.15, 0.2) is 36.5 Å². The number of amides is 1. The third-order valence-corrected chi connectivity index (χ3v) is 12.8. The number of ether oxygens (including phenoxy) is 4. The van der Waals surface area contributed by atoms with Crippen LogP contribution in [0.5, 0.6) is 0 Å². The monoisotopic (exact) mass is 942 g/mol. The number of hydrogen-bond donors (Lipinski definition) is 9. The SMILES string of the molecule is CCC/C=C\C/C=C\CCCCCCCC(=O)NC(COC1OC(CO)C(OC2OC(CO)C(O)C(O)C2O)C(O)C1O)C(O)/C=C/CCCCCCCCCCCCCCCCCCC. The molecule has 2 saturated heterocycles. The van der Waals surface area contributed by atoms with Gasteiger partial charge in [-0.2, -0.15) is 0 Å². The molecule has 0 aromatic carbocycles. The van der Waals surface area contributed by atoms with Crippen LogP contribution in [0.1, 0.15) is 194 Å². The lowest BCUT2D eigenvalue weighted by atomic mass is 9.97. The molecule has 386 valence electrons. The molecule has 12 unspecified atom stereocenters. The third kappa shape index (κ3) is 25.7. The molecule has 0 spiro atoms. The Bertz CT molecular complexity index is 1250. The van der Waals surface area contributed by atoms with Crippen molar-refractivity contribution in [2.24, 2.45) is 0 Å². The normalized spacial score (nSPS) is 27.1. The summed E-state index contributed by atoms with van der Waals surface area (Å²) in [6.07, 6.45) is 27.5. The summed E-state index contributed by atoms with van der Waals surface area (Å²) < 4.78 is 22.7. The maximum Gasteiger partial charge on any atom is 0.220 e. The van der Waals surface area contributed by atoms with E-state index in [4.69, 9.17) is 18.9 Å². The molecule has 0 radical (unpaired) electrons. The van der Waals surface area contributed by atoms with Gasteiger partial charge in [-0.3, -0.25) is 4.79 Å². The molecule has 66 heavy (non-hydrogen) atoms. The molecule has 2 aliphatic heterocycles. The first-order valence-corrected chi connectivity index (χ1v) is 26.2. The van der Waals surface area contributed by atoms with Crippen molar-refractivity contribution in [3.63, 3.8) is 0 Å². The fraction of sp³-hybridized carbons (Fsp3) is 0.865. The van der Waals surface area contributed by atoms with E-state index in [1.807, 2.05) is 6.08 Å². The highest BCUT2D eigenvalue weighted by Gasteiger charge is 2.51. The smallest absolute Gasteiger partial charge is 0.220 e. The maximum absolute atomic E-state index is 13.2. The van der Waals surface area contributed by atoms with Crippen molar-refractivity contribution in [2.75, 3.05) is 19.8 Å². The second kappa shape index (κ2) is 39.0. The van der Waals surface area contributed by atoms with Crippen LogP contribution in [-0.4, -0.2) is 140 Å². The summed E-state index contributed by atoms with van der Waals surface area (Å²) in [5.41, 5.74) is 0. The molecule has 2 aliphatic rings. The van der Waals surface area contributed by atoms with Crippen LogP contribution in [0.3, 0.4) is 0 Å². The minimum atomic E-state index is -1.79. The number of aliphatic hydroxyl groups is 8. The van der Waals surface area contributed by atoms with Crippen molar-refractivity contribution in [2.45, 2.75) is 267 Å². The summed E-state index contributed by atoms with van der Waals surface area (Å²) >= 11 is 0. The molecule has 2 heterocycles. The summed E-state index contributed by atoms with van der Waals surface area (Å²) in [5.74, 6) is -0.255. The molecule has 0 aromatic rings. The van der Waals surface area contributed by atoms with Crippen molar-refractivity contribution in [3.8, 4) is 0 Å². The fourth-order valence-corrected chi connectivity index (χ4v) is 8.50. The highest BCUT2D eigenvalue weighted by atomic mass is 16.7. The lowest BCUT2D eigenvalue weighted by Crippen LogP contribution is -2.65. The Morgan fingerprint density at radius 3 is 1.58 bits per heavy atom. The summed E-state index contributed by atoms with van der Waals surface area (Å²) in [7, 11) is 0. The summed E-state index contributed by atoms with van der Waals surface area (Å²) in [6, 6.07) is -0.920. The minimum Gasteiger partial charge on any atom is -0.394 e. The Morgan fingerprint density at radius 1 is 0.545 bits per heavy atom. The van der Waals surface area contributed by atoms with Gasteiger partial charge in [0, 0.05) is 6.42 Å². The number of nitrogens with one attached hydrogen (secondary N) is 1. The number of hydrogen-bond acceptors (Lipinski definition) is 13. The molecule has 12 atom stereocenters. The van der Waals surface area contributed by atoms with E-state index in [1.54, 1.807) is 6.08 Å². The summed E-state index contributed by atoms with van der Waals surface area (Å²) in [5, 5.41) is 86.8. The van der Waals surface area contributed by atoms with Crippen molar-refractivity contribution >= 4 is 5.91 Å². The van der Waals surface area contributed by atoms with Gasteiger partial charge in [0.1, 0.15) is 48.8 Å². The number of allylic oxidation sites excluding steroid dienone is 5. The van der Waals surface area contributed by atoms with Gasteiger partial charge < -0.3 is 65.1 Å². The first-order valence-electron chi connectivity index (χ1n) is 26.2. The van der Waals surface area contributed by atoms with Crippen LogP contribution in [0.2, 0.25) is 0 Å². The molecular formula is C52H95NO13. The van der Waals surface area contributed by atoms with E-state index in [-0.39, 0.29) is 18.9 Å². The Hall–Kier alpha value is -1.79. The molecule has 0 aliphatic carbocycles. The predicted molar refractivity (Wildman–Crippen MR) is 258 cm³/mol. The Balaban J connectivity index is 1.84. The number of carbonyl (C=O) groups is 1. The fourth-order valence-electron chi connectivity index (χ4n) is 8.50. The third-order valence-electron chi connectivity index (χ3n) is 12.8. The molecule has 9 N–H and O–H groups in total. The molecule has 0 aromatic heterocycles. The summed E-state index contributed by atoms with van der Waals surface area (Å²) in [6.45, 7) is 2.71. The topological polar surface area (TPSA) is 228 Å². The molecule has 1 amide bonds. The summed E-state index contributed by atoms with van der Waals surface area (Å²) in [4.78, 5) is 13.2. The van der Waals surface area contributed by atoms with E-state index in [0.29, 0.717) is 6.42 Å². The van der Waals surface area contributed by atoms with Gasteiger partial charge >= 0.3 is 0 Å². The van der Waals surface area contributed by atoms with Crippen molar-refractivity contribution < 1.29 is 64.6 Å². The molecule has 0 bridgehead atoms. The second-order valence-electron chi connectivity index (χ2n) is 18.6. The zero-order valence-electron chi connectivity index (χ0n) is 40.9. The first-order chi connectivity index (χ1) is 32.1. The van der Waals surface area contributed by atoms with Crippen LogP contribution in [0, 0.1) is 0 Å². The first kappa shape index (κ1) is 60.3. The number of unbranched alkanes of at least 4 members (excludes halogenated alkanes) is 23. The zero-order valence-corrected chi connectivity index (χ0v) is 40.9. The van der Waals surface area contributed by atoms with Crippen molar-refractivity contribution in [1.82, 2.24) is 5.32 Å². The maximum atomic E-state index is 13.2. The average molecular weight is 942 g/mol. The highest BCUT2D eigenvalue weighted by Crippen LogP contribution is 2.30. The largest absolute Gasteiger partial charge is 0.394 e. The van der Waals surface area contributed by atoms with Crippen LogP contribution >= 0.6 is 0 Å². The van der Waals surface area contributed by atoms with Gasteiger partial charge in [-0.25, -0.2) is 0 Å². The van der Waals surface area contributed by atoms with Gasteiger partial charge in [-0.1, -0.05) is 179 Å².